The third-order valence-corrected chi connectivity index (χ3v) is 3.98. The van der Waals surface area contributed by atoms with E-state index in [0.717, 1.165) is 24.4 Å². The van der Waals surface area contributed by atoms with E-state index in [1.165, 1.54) is 12.1 Å². The largest absolute Gasteiger partial charge is 0.496 e. The molecule has 0 fully saturated rings. The molecule has 0 amide bonds. The van der Waals surface area contributed by atoms with Crippen molar-refractivity contribution in [2.45, 2.75) is 6.54 Å². The molecule has 0 bridgehead atoms. The SMILES string of the molecule is COc1ccc(Cl)cc1C[NH2+]CCNc1ccc([N+](=O)[O-])cc1Cl. The number of nitro benzene ring substituents is 1. The summed E-state index contributed by atoms with van der Waals surface area (Å²) in [5, 5.41) is 17.0. The predicted octanol–water partition coefficient (Wildman–Crippen LogP) is 3.09. The Morgan fingerprint density at radius 2 is 2.04 bits per heavy atom. The minimum atomic E-state index is -0.470. The van der Waals surface area contributed by atoms with Crippen molar-refractivity contribution in [3.05, 3.63) is 62.1 Å². The summed E-state index contributed by atoms with van der Waals surface area (Å²) in [6.45, 7) is 2.20. The van der Waals surface area contributed by atoms with Gasteiger partial charge in [0, 0.05) is 22.7 Å². The lowest BCUT2D eigenvalue weighted by atomic mass is 10.2. The first-order valence-corrected chi connectivity index (χ1v) is 8.08. The number of rotatable bonds is 8. The van der Waals surface area contributed by atoms with Crippen molar-refractivity contribution >= 4 is 34.6 Å². The van der Waals surface area contributed by atoms with Crippen molar-refractivity contribution in [3.8, 4) is 5.75 Å². The molecule has 0 aliphatic heterocycles. The molecule has 0 unspecified atom stereocenters. The van der Waals surface area contributed by atoms with E-state index in [1.807, 2.05) is 12.1 Å². The van der Waals surface area contributed by atoms with Crippen LogP contribution >= 0.6 is 23.2 Å². The highest BCUT2D eigenvalue weighted by Gasteiger charge is 2.09. The van der Waals surface area contributed by atoms with Crippen LogP contribution in [0.3, 0.4) is 0 Å². The molecule has 0 aliphatic rings. The van der Waals surface area contributed by atoms with Crippen molar-refractivity contribution in [3.63, 3.8) is 0 Å². The van der Waals surface area contributed by atoms with E-state index in [2.05, 4.69) is 10.6 Å². The maximum Gasteiger partial charge on any atom is 0.271 e. The van der Waals surface area contributed by atoms with Crippen LogP contribution in [0.15, 0.2) is 36.4 Å². The zero-order valence-corrected chi connectivity index (χ0v) is 14.6. The van der Waals surface area contributed by atoms with Gasteiger partial charge in [0.05, 0.1) is 35.8 Å². The summed E-state index contributed by atoms with van der Waals surface area (Å²) in [4.78, 5) is 10.2. The van der Waals surface area contributed by atoms with Gasteiger partial charge in [0.15, 0.2) is 0 Å². The lowest BCUT2D eigenvalue weighted by Crippen LogP contribution is -2.83. The molecule has 3 N–H and O–H groups in total. The van der Waals surface area contributed by atoms with Crippen LogP contribution in [-0.4, -0.2) is 25.1 Å². The Balaban J connectivity index is 1.81. The zero-order valence-electron chi connectivity index (χ0n) is 13.1. The summed E-state index contributed by atoms with van der Waals surface area (Å²) in [6, 6.07) is 9.90. The summed E-state index contributed by atoms with van der Waals surface area (Å²) in [5.74, 6) is 0.807. The second kappa shape index (κ2) is 8.73. The number of halogens is 2. The van der Waals surface area contributed by atoms with Crippen molar-refractivity contribution in [1.82, 2.24) is 0 Å². The molecule has 0 radical (unpaired) electrons. The smallest absolute Gasteiger partial charge is 0.271 e. The van der Waals surface area contributed by atoms with Gasteiger partial charge in [0.25, 0.3) is 5.69 Å². The van der Waals surface area contributed by atoms with E-state index in [4.69, 9.17) is 27.9 Å². The molecule has 128 valence electrons. The number of nitrogens with two attached hydrogens (primary N) is 1. The topological polar surface area (TPSA) is 81.0 Å². The molecule has 0 spiro atoms. The number of nitrogens with zero attached hydrogens (tertiary/aromatic N) is 1. The van der Waals surface area contributed by atoms with E-state index in [9.17, 15) is 10.1 Å². The van der Waals surface area contributed by atoms with Gasteiger partial charge in [-0.15, -0.1) is 0 Å². The van der Waals surface area contributed by atoms with Crippen molar-refractivity contribution < 1.29 is 15.0 Å². The maximum absolute atomic E-state index is 10.7. The fraction of sp³-hybridized carbons (Fsp3) is 0.250. The number of nitrogens with one attached hydrogen (secondary N) is 1. The first-order chi connectivity index (χ1) is 11.5. The Morgan fingerprint density at radius 1 is 1.25 bits per heavy atom. The molecule has 6 nitrogen and oxygen atoms in total. The van der Waals surface area contributed by atoms with Gasteiger partial charge in [-0.25, -0.2) is 0 Å². The zero-order chi connectivity index (χ0) is 17.5. The van der Waals surface area contributed by atoms with Gasteiger partial charge in [-0.2, -0.15) is 0 Å². The molecule has 2 rings (SSSR count). The highest BCUT2D eigenvalue weighted by molar-refractivity contribution is 6.33. The number of anilines is 1. The van der Waals surface area contributed by atoms with E-state index < -0.39 is 4.92 Å². The summed E-state index contributed by atoms with van der Waals surface area (Å²) >= 11 is 12.0. The molecule has 2 aromatic rings. The molecule has 0 heterocycles. The minimum absolute atomic E-state index is 0.0230. The van der Waals surface area contributed by atoms with Gasteiger partial charge in [-0.3, -0.25) is 10.1 Å². The first-order valence-electron chi connectivity index (χ1n) is 7.33. The van der Waals surface area contributed by atoms with Gasteiger partial charge in [0.2, 0.25) is 0 Å². The summed E-state index contributed by atoms with van der Waals surface area (Å²) in [5.41, 5.74) is 1.68. The molecular weight excluding hydrogens is 353 g/mol. The fourth-order valence-corrected chi connectivity index (χ4v) is 2.67. The number of methoxy groups -OCH3 is 1. The number of ether oxygens (including phenoxy) is 1. The van der Waals surface area contributed by atoms with Crippen molar-refractivity contribution in [1.29, 1.82) is 0 Å². The van der Waals surface area contributed by atoms with Crippen molar-refractivity contribution in [2.24, 2.45) is 0 Å². The number of hydrogen-bond acceptors (Lipinski definition) is 4. The van der Waals surface area contributed by atoms with E-state index >= 15 is 0 Å². The van der Waals surface area contributed by atoms with Crippen molar-refractivity contribution in [2.75, 3.05) is 25.5 Å². The quantitative estimate of drug-likeness (QED) is 0.425. The molecule has 2 aromatic carbocycles. The van der Waals surface area contributed by atoms with Crippen LogP contribution in [-0.2, 0) is 6.54 Å². The maximum atomic E-state index is 10.7. The average molecular weight is 371 g/mol. The van der Waals surface area contributed by atoms with Crippen LogP contribution in [0.4, 0.5) is 11.4 Å². The Bertz CT molecular complexity index is 726. The lowest BCUT2D eigenvalue weighted by Gasteiger charge is -2.10. The summed E-state index contributed by atoms with van der Waals surface area (Å²) < 4.78 is 5.31. The van der Waals surface area contributed by atoms with Crippen LogP contribution in [0.2, 0.25) is 10.0 Å². The number of hydrogen-bond donors (Lipinski definition) is 2. The van der Waals surface area contributed by atoms with E-state index in [1.54, 1.807) is 19.2 Å². The van der Waals surface area contributed by atoms with Crippen LogP contribution in [0.5, 0.6) is 5.75 Å². The summed E-state index contributed by atoms with van der Waals surface area (Å²) in [6.07, 6.45) is 0. The number of quaternary nitrogens is 1. The van der Waals surface area contributed by atoms with Crippen LogP contribution in [0, 0.1) is 10.1 Å². The monoisotopic (exact) mass is 370 g/mol. The third kappa shape index (κ3) is 4.99. The first kappa shape index (κ1) is 18.3. The lowest BCUT2D eigenvalue weighted by molar-refractivity contribution is -0.668. The number of benzene rings is 2. The molecular formula is C16H18Cl2N3O3+. The van der Waals surface area contributed by atoms with Gasteiger partial charge < -0.3 is 15.4 Å². The molecule has 0 atom stereocenters. The normalized spacial score (nSPS) is 10.5. The molecule has 8 heteroatoms. The number of non-ortho nitro benzene ring substituents is 1. The third-order valence-electron chi connectivity index (χ3n) is 3.43. The molecule has 0 aromatic heterocycles. The Kier molecular flexibility index (Phi) is 6.66. The Morgan fingerprint density at radius 3 is 2.71 bits per heavy atom. The van der Waals surface area contributed by atoms with Gasteiger partial charge in [-0.05, 0) is 24.3 Å². The van der Waals surface area contributed by atoms with E-state index in [0.29, 0.717) is 22.3 Å². The van der Waals surface area contributed by atoms with Gasteiger partial charge in [-0.1, -0.05) is 23.2 Å². The van der Waals surface area contributed by atoms with Gasteiger partial charge >= 0.3 is 0 Å². The second-order valence-corrected chi connectivity index (χ2v) is 5.93. The fourth-order valence-electron chi connectivity index (χ4n) is 2.23. The summed E-state index contributed by atoms with van der Waals surface area (Å²) in [7, 11) is 1.63. The number of nitro groups is 1. The van der Waals surface area contributed by atoms with Crippen LogP contribution < -0.4 is 15.4 Å². The molecule has 0 saturated heterocycles. The highest BCUT2D eigenvalue weighted by Crippen LogP contribution is 2.26. The van der Waals surface area contributed by atoms with E-state index in [-0.39, 0.29) is 5.69 Å². The van der Waals surface area contributed by atoms with Crippen LogP contribution in [0.25, 0.3) is 0 Å². The van der Waals surface area contributed by atoms with Gasteiger partial charge in [0.1, 0.15) is 12.3 Å². The Hall–Kier alpha value is -2.02. The Labute approximate surface area is 149 Å². The minimum Gasteiger partial charge on any atom is -0.496 e. The molecule has 0 aliphatic carbocycles. The molecule has 0 saturated carbocycles. The molecule has 24 heavy (non-hydrogen) atoms. The second-order valence-electron chi connectivity index (χ2n) is 5.09. The average Bonchev–Trinajstić information content (AvgIpc) is 2.55. The highest BCUT2D eigenvalue weighted by atomic mass is 35.5. The predicted molar refractivity (Wildman–Crippen MR) is 95.1 cm³/mol. The van der Waals surface area contributed by atoms with Crippen LogP contribution in [0.1, 0.15) is 5.56 Å². The standard InChI is InChI=1S/C16H17Cl2N3O3/c1-24-16-5-2-12(17)8-11(16)10-19-6-7-20-15-4-3-13(21(22)23)9-14(15)18/h2-5,8-9,19-20H,6-7,10H2,1H3/p+1.